The lowest BCUT2D eigenvalue weighted by atomic mass is 9.90. The van der Waals surface area contributed by atoms with Crippen LogP contribution in [0.15, 0.2) is 24.3 Å². The van der Waals surface area contributed by atoms with Crippen LogP contribution in [0.25, 0.3) is 0 Å². The molecule has 3 rings (SSSR count). The first-order valence-corrected chi connectivity index (χ1v) is 12.8. The third-order valence-corrected chi connectivity index (χ3v) is 5.18. The van der Waals surface area contributed by atoms with Gasteiger partial charge >= 0.3 is 0 Å². The molecule has 0 radical (unpaired) electrons. The van der Waals surface area contributed by atoms with Gasteiger partial charge in [0.05, 0.1) is 0 Å². The molecule has 0 amide bonds. The van der Waals surface area contributed by atoms with Crippen molar-refractivity contribution in [3.05, 3.63) is 67.4 Å². The molecule has 0 spiro atoms. The van der Waals surface area contributed by atoms with E-state index >= 15 is 0 Å². The zero-order valence-corrected chi connectivity index (χ0v) is 24.3. The molecule has 0 unspecified atom stereocenters. The average molecular weight is 473 g/mol. The Morgan fingerprint density at radius 1 is 0.333 bits per heavy atom. The summed E-state index contributed by atoms with van der Waals surface area (Å²) in [6, 6.07) is 8.85. The molecular formula is C36H40. The Balaban J connectivity index is 2.37. The normalized spacial score (nSPS) is 12.1. The van der Waals surface area contributed by atoms with Crippen LogP contribution < -0.4 is 0 Å². The van der Waals surface area contributed by atoms with E-state index in [1.165, 1.54) is 20.9 Å². The van der Waals surface area contributed by atoms with Crippen molar-refractivity contribution >= 4 is 0 Å². The zero-order valence-electron chi connectivity index (χ0n) is 24.3. The second-order valence-corrected chi connectivity index (χ2v) is 13.9. The lowest BCUT2D eigenvalue weighted by molar-refractivity contribution is 0.570. The average Bonchev–Trinajstić information content (AvgIpc) is 2.69. The predicted octanol–water partition coefficient (Wildman–Crippen LogP) is 8.16. The lowest BCUT2D eigenvalue weighted by Gasteiger charge is -2.12. The van der Waals surface area contributed by atoms with E-state index in [0.29, 0.717) is 0 Å². The fourth-order valence-electron chi connectivity index (χ4n) is 3.46. The van der Waals surface area contributed by atoms with Crippen LogP contribution in [-0.4, -0.2) is 0 Å². The van der Waals surface area contributed by atoms with Gasteiger partial charge in [0.25, 0.3) is 0 Å². The molecular weight excluding hydrogens is 432 g/mol. The fraction of sp³-hybridized carbons (Fsp3) is 0.444. The van der Waals surface area contributed by atoms with Gasteiger partial charge in [-0.3, -0.25) is 0 Å². The van der Waals surface area contributed by atoms with Gasteiger partial charge in [0.1, 0.15) is 0 Å². The van der Waals surface area contributed by atoms with Gasteiger partial charge in [0.2, 0.25) is 0 Å². The quantitative estimate of drug-likeness (QED) is 0.289. The number of hydrogen-bond donors (Lipinski definition) is 0. The summed E-state index contributed by atoms with van der Waals surface area (Å²) >= 11 is 0. The van der Waals surface area contributed by atoms with E-state index < -0.39 is 0 Å². The summed E-state index contributed by atoms with van der Waals surface area (Å²) in [6.07, 6.45) is 0. The molecule has 36 heavy (non-hydrogen) atoms. The van der Waals surface area contributed by atoms with Crippen LogP contribution in [0.3, 0.4) is 0 Å². The van der Waals surface area contributed by atoms with E-state index in [-0.39, 0.29) is 21.7 Å². The molecule has 0 fully saturated rings. The molecule has 1 aliphatic rings. The first kappa shape index (κ1) is 27.3. The molecule has 0 heteroatoms. The third-order valence-electron chi connectivity index (χ3n) is 5.18. The van der Waals surface area contributed by atoms with Gasteiger partial charge in [-0.15, -0.1) is 0 Å². The maximum absolute atomic E-state index is 3.43. The summed E-state index contributed by atoms with van der Waals surface area (Å²) in [5.74, 6) is 27.3. The summed E-state index contributed by atoms with van der Waals surface area (Å²) in [7, 11) is 0. The molecule has 0 saturated carbocycles. The highest BCUT2D eigenvalue weighted by Crippen LogP contribution is 2.23. The molecule has 0 saturated heterocycles. The topological polar surface area (TPSA) is 0 Å². The number of rotatable bonds is 0. The zero-order chi connectivity index (χ0) is 27.1. The number of hydrogen-bond acceptors (Lipinski definition) is 0. The molecule has 0 heterocycles. The van der Waals surface area contributed by atoms with Gasteiger partial charge in [-0.2, -0.15) is 0 Å². The van der Waals surface area contributed by atoms with E-state index in [1.807, 2.05) is 0 Å². The van der Waals surface area contributed by atoms with Crippen molar-refractivity contribution in [2.75, 3.05) is 0 Å². The van der Waals surface area contributed by atoms with Crippen LogP contribution in [0.2, 0.25) is 0 Å². The highest BCUT2D eigenvalue weighted by atomic mass is 14.2. The van der Waals surface area contributed by atoms with Crippen LogP contribution in [0.4, 0.5) is 0 Å². The van der Waals surface area contributed by atoms with Crippen molar-refractivity contribution in [3.8, 4) is 47.4 Å². The van der Waals surface area contributed by atoms with Gasteiger partial charge in [0, 0.05) is 43.9 Å². The molecule has 2 aromatic rings. The lowest BCUT2D eigenvalue weighted by Crippen LogP contribution is -2.03. The Hall–Kier alpha value is -3.32. The minimum absolute atomic E-state index is 0.0775. The maximum atomic E-state index is 3.43. The van der Waals surface area contributed by atoms with Crippen LogP contribution in [-0.2, 0) is 0 Å². The number of fused-ring (bicyclic) bond motifs is 2. The Bertz CT molecular complexity index is 1370. The van der Waals surface area contributed by atoms with E-state index in [0.717, 1.165) is 22.3 Å². The highest BCUT2D eigenvalue weighted by Gasteiger charge is 2.13. The Labute approximate surface area is 219 Å². The van der Waals surface area contributed by atoms with Crippen LogP contribution >= 0.6 is 0 Å². The molecule has 0 nitrogen and oxygen atoms in total. The van der Waals surface area contributed by atoms with Crippen LogP contribution in [0, 0.1) is 89.9 Å². The molecule has 0 atom stereocenters. The second-order valence-electron chi connectivity index (χ2n) is 13.9. The summed E-state index contributed by atoms with van der Waals surface area (Å²) < 4.78 is 0. The second kappa shape index (κ2) is 9.28. The third kappa shape index (κ3) is 7.34. The summed E-state index contributed by atoms with van der Waals surface area (Å²) in [5, 5.41) is 4.88. The predicted molar refractivity (Wildman–Crippen MR) is 154 cm³/mol. The number of benzene rings is 2. The van der Waals surface area contributed by atoms with E-state index in [4.69, 9.17) is 0 Å². The van der Waals surface area contributed by atoms with Crippen molar-refractivity contribution in [1.29, 1.82) is 0 Å². The summed E-state index contributed by atoms with van der Waals surface area (Å²) in [6.45, 7) is 25.6. The molecule has 184 valence electrons. The van der Waals surface area contributed by atoms with E-state index in [9.17, 15) is 0 Å². The monoisotopic (exact) mass is 472 g/mol. The SMILES string of the molecule is CC(C)(C)C#Cc1cc2c(cc1C#CC(C)(C)C)=c1cc(C#CC(C)(C)C)c(C#CC(C)(C)C)cc1=2. The first-order chi connectivity index (χ1) is 16.3. The van der Waals surface area contributed by atoms with Crippen molar-refractivity contribution in [3.63, 3.8) is 0 Å². The highest BCUT2D eigenvalue weighted by molar-refractivity contribution is 5.57. The molecule has 0 aromatic heterocycles. The van der Waals surface area contributed by atoms with Gasteiger partial charge in [-0.25, -0.2) is 0 Å². The Kier molecular flexibility index (Phi) is 7.03. The molecule has 0 bridgehead atoms. The van der Waals surface area contributed by atoms with Crippen molar-refractivity contribution in [2.45, 2.75) is 83.1 Å². The van der Waals surface area contributed by atoms with Crippen molar-refractivity contribution < 1.29 is 0 Å². The van der Waals surface area contributed by atoms with Crippen molar-refractivity contribution in [1.82, 2.24) is 0 Å². The standard InChI is InChI=1S/C36H40/c1-33(2,3)17-13-25-21-29-30(22-26(25)14-18-34(4,5)6)32-24-28(16-20-36(10,11)12)27(23-31(29)32)15-19-35(7,8)9/h21-24H,1-12H3. The van der Waals surface area contributed by atoms with E-state index in [1.54, 1.807) is 0 Å². The minimum Gasteiger partial charge on any atom is -0.0919 e. The fourth-order valence-corrected chi connectivity index (χ4v) is 3.46. The van der Waals surface area contributed by atoms with Gasteiger partial charge in [-0.1, -0.05) is 47.4 Å². The summed E-state index contributed by atoms with van der Waals surface area (Å²) in [5.41, 5.74) is 3.65. The Morgan fingerprint density at radius 3 is 0.639 bits per heavy atom. The summed E-state index contributed by atoms with van der Waals surface area (Å²) in [4.78, 5) is 0. The maximum Gasteiger partial charge on any atom is 0.0408 e. The van der Waals surface area contributed by atoms with Gasteiger partial charge in [-0.05, 0) is 128 Å². The molecule has 0 N–H and O–H groups in total. The molecule has 1 aliphatic carbocycles. The van der Waals surface area contributed by atoms with Crippen LogP contribution in [0.5, 0.6) is 0 Å². The smallest absolute Gasteiger partial charge is 0.0408 e. The van der Waals surface area contributed by atoms with Gasteiger partial charge in [0.15, 0.2) is 0 Å². The van der Waals surface area contributed by atoms with Crippen LogP contribution in [0.1, 0.15) is 105 Å². The van der Waals surface area contributed by atoms with Gasteiger partial charge < -0.3 is 0 Å². The first-order valence-electron chi connectivity index (χ1n) is 12.8. The Morgan fingerprint density at radius 2 is 0.500 bits per heavy atom. The molecule has 0 aliphatic heterocycles. The van der Waals surface area contributed by atoms with Crippen molar-refractivity contribution in [2.24, 2.45) is 21.7 Å². The minimum atomic E-state index is -0.0775. The molecule has 2 aromatic carbocycles. The largest absolute Gasteiger partial charge is 0.0919 e. The van der Waals surface area contributed by atoms with E-state index in [2.05, 4.69) is 155 Å².